The molecule has 1 amide bonds. The van der Waals surface area contributed by atoms with Crippen molar-refractivity contribution >= 4 is 5.91 Å². The number of ether oxygens (including phenoxy) is 1. The number of benzene rings is 2. The molecule has 1 N–H and O–H groups in total. The number of hydrogen-bond acceptors (Lipinski definition) is 6. The molecule has 2 aromatic carbocycles. The second kappa shape index (κ2) is 11.0. The van der Waals surface area contributed by atoms with Gasteiger partial charge in [0.25, 0.3) is 0 Å². The normalized spacial score (nSPS) is 15.2. The van der Waals surface area contributed by atoms with Gasteiger partial charge in [-0.05, 0) is 56.0 Å². The summed E-state index contributed by atoms with van der Waals surface area (Å²) in [6.07, 6.45) is 1.64. The molecule has 0 saturated carbocycles. The molecule has 1 aliphatic rings. The maximum absolute atomic E-state index is 12.5. The molecule has 0 spiro atoms. The predicted octanol–water partition coefficient (Wildman–Crippen LogP) is 4.75. The molecule has 0 atom stereocenters. The molecule has 186 valence electrons. The van der Waals surface area contributed by atoms with Crippen molar-refractivity contribution in [3.05, 3.63) is 65.5 Å². The lowest BCUT2D eigenvalue weighted by atomic mass is 9.87. The fraction of sp³-hybridized carbons (Fsp3) is 0.464. The summed E-state index contributed by atoms with van der Waals surface area (Å²) >= 11 is 0. The van der Waals surface area contributed by atoms with E-state index in [1.165, 1.54) is 11.1 Å². The molecule has 7 heteroatoms. The molecule has 1 aliphatic heterocycles. The van der Waals surface area contributed by atoms with Crippen LogP contribution in [0, 0.1) is 12.8 Å². The number of aryl methyl sites for hydroxylation is 1. The molecule has 2 heterocycles. The second-order valence-corrected chi connectivity index (χ2v) is 10.3. The molecule has 7 nitrogen and oxygen atoms in total. The Kier molecular flexibility index (Phi) is 7.86. The SMILES string of the molecule is Cc1ccc(OCCNC(=O)C2CCN(Cc3nc(-c4ccc(C(C)(C)C)cc4)no3)CC2)cc1. The number of rotatable bonds is 8. The first-order valence-electron chi connectivity index (χ1n) is 12.4. The second-order valence-electron chi connectivity index (χ2n) is 10.3. The molecule has 4 rings (SSSR count). The monoisotopic (exact) mass is 476 g/mol. The number of carbonyl (C=O) groups excluding carboxylic acids is 1. The van der Waals surface area contributed by atoms with E-state index in [9.17, 15) is 4.79 Å². The van der Waals surface area contributed by atoms with Gasteiger partial charge in [-0.15, -0.1) is 0 Å². The molecule has 3 aromatic rings. The lowest BCUT2D eigenvalue weighted by Crippen LogP contribution is -2.41. The van der Waals surface area contributed by atoms with E-state index in [-0.39, 0.29) is 17.2 Å². The number of hydrogen-bond donors (Lipinski definition) is 1. The van der Waals surface area contributed by atoms with Gasteiger partial charge in [0.05, 0.1) is 13.1 Å². The Morgan fingerprint density at radius 1 is 1.09 bits per heavy atom. The van der Waals surface area contributed by atoms with Crippen LogP contribution in [-0.2, 0) is 16.8 Å². The lowest BCUT2D eigenvalue weighted by molar-refractivity contribution is -0.126. The molecule has 0 unspecified atom stereocenters. The minimum atomic E-state index is 0.0326. The summed E-state index contributed by atoms with van der Waals surface area (Å²) in [5.74, 6) is 2.18. The minimum Gasteiger partial charge on any atom is -0.492 e. The van der Waals surface area contributed by atoms with Crippen molar-refractivity contribution in [2.24, 2.45) is 5.92 Å². The van der Waals surface area contributed by atoms with Crippen molar-refractivity contribution in [3.8, 4) is 17.1 Å². The Hall–Kier alpha value is -3.19. The van der Waals surface area contributed by atoms with Crippen molar-refractivity contribution in [1.29, 1.82) is 0 Å². The predicted molar refractivity (Wildman–Crippen MR) is 136 cm³/mol. The van der Waals surface area contributed by atoms with Gasteiger partial charge in [-0.3, -0.25) is 9.69 Å². The van der Waals surface area contributed by atoms with Crippen molar-refractivity contribution in [1.82, 2.24) is 20.4 Å². The van der Waals surface area contributed by atoms with E-state index in [0.717, 1.165) is 37.2 Å². The smallest absolute Gasteiger partial charge is 0.241 e. The summed E-state index contributed by atoms with van der Waals surface area (Å²) in [4.78, 5) is 19.4. The van der Waals surface area contributed by atoms with Gasteiger partial charge in [-0.1, -0.05) is 67.9 Å². The average Bonchev–Trinajstić information content (AvgIpc) is 3.31. The van der Waals surface area contributed by atoms with E-state index in [4.69, 9.17) is 9.26 Å². The highest BCUT2D eigenvalue weighted by Gasteiger charge is 2.26. The maximum Gasteiger partial charge on any atom is 0.241 e. The van der Waals surface area contributed by atoms with Gasteiger partial charge in [0.2, 0.25) is 17.6 Å². The number of nitrogens with one attached hydrogen (secondary N) is 1. The third kappa shape index (κ3) is 6.92. The molecule has 0 bridgehead atoms. The van der Waals surface area contributed by atoms with Crippen molar-refractivity contribution in [2.75, 3.05) is 26.2 Å². The summed E-state index contributed by atoms with van der Waals surface area (Å²) in [7, 11) is 0. The minimum absolute atomic E-state index is 0.0326. The number of likely N-dealkylation sites (tertiary alicyclic amines) is 1. The van der Waals surface area contributed by atoms with Gasteiger partial charge in [0.1, 0.15) is 12.4 Å². The van der Waals surface area contributed by atoms with Crippen molar-refractivity contribution < 1.29 is 14.1 Å². The topological polar surface area (TPSA) is 80.5 Å². The summed E-state index contributed by atoms with van der Waals surface area (Å²) in [6.45, 7) is 11.9. The maximum atomic E-state index is 12.5. The van der Waals surface area contributed by atoms with E-state index < -0.39 is 0 Å². The summed E-state index contributed by atoms with van der Waals surface area (Å²) in [5.41, 5.74) is 3.53. The van der Waals surface area contributed by atoms with Gasteiger partial charge in [-0.2, -0.15) is 4.98 Å². The quantitative estimate of drug-likeness (QED) is 0.473. The van der Waals surface area contributed by atoms with Crippen LogP contribution < -0.4 is 10.1 Å². The molecule has 1 fully saturated rings. The molecule has 1 saturated heterocycles. The van der Waals surface area contributed by atoms with Crippen LogP contribution >= 0.6 is 0 Å². The Morgan fingerprint density at radius 2 is 1.77 bits per heavy atom. The van der Waals surface area contributed by atoms with Crippen LogP contribution in [0.25, 0.3) is 11.4 Å². The number of aromatic nitrogens is 2. The zero-order chi connectivity index (χ0) is 24.8. The van der Waals surface area contributed by atoms with Gasteiger partial charge in [0.15, 0.2) is 0 Å². The van der Waals surface area contributed by atoms with Gasteiger partial charge >= 0.3 is 0 Å². The highest BCUT2D eigenvalue weighted by Crippen LogP contribution is 2.25. The molecular weight excluding hydrogens is 440 g/mol. The molecular formula is C28H36N4O3. The zero-order valence-electron chi connectivity index (χ0n) is 21.2. The molecule has 0 aliphatic carbocycles. The highest BCUT2D eigenvalue weighted by molar-refractivity contribution is 5.78. The van der Waals surface area contributed by atoms with E-state index in [1.807, 2.05) is 43.3 Å². The molecule has 0 radical (unpaired) electrons. The summed E-state index contributed by atoms with van der Waals surface area (Å²) in [6, 6.07) is 16.3. The summed E-state index contributed by atoms with van der Waals surface area (Å²) in [5, 5.41) is 7.18. The van der Waals surface area contributed by atoms with Crippen LogP contribution in [0.2, 0.25) is 0 Å². The van der Waals surface area contributed by atoms with E-state index in [0.29, 0.717) is 31.4 Å². The highest BCUT2D eigenvalue weighted by atomic mass is 16.5. The van der Waals surface area contributed by atoms with Crippen LogP contribution in [-0.4, -0.2) is 47.2 Å². The van der Waals surface area contributed by atoms with Gasteiger partial charge in [-0.25, -0.2) is 0 Å². The third-order valence-corrected chi connectivity index (χ3v) is 6.49. The Balaban J connectivity index is 1.18. The Morgan fingerprint density at radius 3 is 2.43 bits per heavy atom. The van der Waals surface area contributed by atoms with Crippen LogP contribution in [0.15, 0.2) is 53.1 Å². The van der Waals surface area contributed by atoms with Crippen LogP contribution in [0.4, 0.5) is 0 Å². The first-order valence-corrected chi connectivity index (χ1v) is 12.4. The van der Waals surface area contributed by atoms with Crippen molar-refractivity contribution in [3.63, 3.8) is 0 Å². The Bertz CT molecular complexity index is 1090. The first-order chi connectivity index (χ1) is 16.8. The van der Waals surface area contributed by atoms with Crippen molar-refractivity contribution in [2.45, 2.75) is 52.5 Å². The van der Waals surface area contributed by atoms with E-state index in [1.54, 1.807) is 0 Å². The number of carbonyl (C=O) groups is 1. The van der Waals surface area contributed by atoms with Crippen LogP contribution in [0.5, 0.6) is 5.75 Å². The number of piperidine rings is 1. The first kappa shape index (κ1) is 24.9. The third-order valence-electron chi connectivity index (χ3n) is 6.49. The average molecular weight is 477 g/mol. The number of nitrogens with zero attached hydrogens (tertiary/aromatic N) is 3. The van der Waals surface area contributed by atoms with Crippen LogP contribution in [0.1, 0.15) is 50.6 Å². The molecule has 1 aromatic heterocycles. The van der Waals surface area contributed by atoms with E-state index in [2.05, 4.69) is 53.3 Å². The summed E-state index contributed by atoms with van der Waals surface area (Å²) < 4.78 is 11.2. The standard InChI is InChI=1S/C28H36N4O3/c1-20-5-11-24(12-6-20)34-18-15-29-27(33)22-13-16-32(17-14-22)19-25-30-26(31-35-25)21-7-9-23(10-8-21)28(2,3)4/h5-12,22H,13-19H2,1-4H3,(H,29,33). The Labute approximate surface area is 207 Å². The number of amides is 1. The van der Waals surface area contributed by atoms with Crippen LogP contribution in [0.3, 0.4) is 0 Å². The van der Waals surface area contributed by atoms with Gasteiger partial charge < -0.3 is 14.6 Å². The van der Waals surface area contributed by atoms with Gasteiger partial charge in [0, 0.05) is 11.5 Å². The fourth-order valence-corrected chi connectivity index (χ4v) is 4.22. The zero-order valence-corrected chi connectivity index (χ0v) is 21.2. The largest absolute Gasteiger partial charge is 0.492 e. The molecule has 35 heavy (non-hydrogen) atoms. The lowest BCUT2D eigenvalue weighted by Gasteiger charge is -2.30. The fourth-order valence-electron chi connectivity index (χ4n) is 4.22. The van der Waals surface area contributed by atoms with E-state index >= 15 is 0 Å².